The van der Waals surface area contributed by atoms with E-state index in [1.165, 1.54) is 18.2 Å². The Labute approximate surface area is 128 Å². The predicted octanol–water partition coefficient (Wildman–Crippen LogP) is 2.20. The molecule has 0 radical (unpaired) electrons. The van der Waals surface area contributed by atoms with Gasteiger partial charge in [0.15, 0.2) is 5.78 Å². The van der Waals surface area contributed by atoms with E-state index in [4.69, 9.17) is 17.2 Å². The van der Waals surface area contributed by atoms with Crippen LogP contribution in [0.2, 0.25) is 0 Å². The van der Waals surface area contributed by atoms with Crippen LogP contribution >= 0.6 is 0 Å². The first kappa shape index (κ1) is 16.3. The molecule has 0 spiro atoms. The summed E-state index contributed by atoms with van der Waals surface area (Å²) < 4.78 is 39.5. The zero-order valence-electron chi connectivity index (χ0n) is 11.6. The zero-order valence-corrected chi connectivity index (χ0v) is 11.6. The molecule has 2 rings (SSSR count). The molecule has 0 bridgehead atoms. The maximum absolute atomic E-state index is 13.2. The number of alkyl halides is 3. The third kappa shape index (κ3) is 3.25. The van der Waals surface area contributed by atoms with Crippen LogP contribution in [0.25, 0.3) is 0 Å². The molecule has 0 fully saturated rings. The lowest BCUT2D eigenvalue weighted by Crippen LogP contribution is -2.22. The number of nitrogen functional groups attached to an aromatic ring is 2. The van der Waals surface area contributed by atoms with Gasteiger partial charge in [0.05, 0.1) is 11.1 Å². The molecule has 0 aliphatic carbocycles. The zero-order chi connectivity index (χ0) is 17.4. The molecular weight excluding hydrogens is 311 g/mol. The van der Waals surface area contributed by atoms with E-state index in [9.17, 15) is 22.8 Å². The van der Waals surface area contributed by atoms with Crippen molar-refractivity contribution in [2.24, 2.45) is 5.73 Å². The van der Waals surface area contributed by atoms with Crippen LogP contribution in [0.4, 0.5) is 24.5 Å². The highest BCUT2D eigenvalue weighted by atomic mass is 19.4. The van der Waals surface area contributed by atoms with Gasteiger partial charge in [0.2, 0.25) is 5.91 Å². The Bertz CT molecular complexity index is 781. The van der Waals surface area contributed by atoms with Crippen molar-refractivity contribution < 1.29 is 22.8 Å². The summed E-state index contributed by atoms with van der Waals surface area (Å²) in [5.41, 5.74) is 13.7. The lowest BCUT2D eigenvalue weighted by Gasteiger charge is -2.15. The van der Waals surface area contributed by atoms with E-state index in [1.54, 1.807) is 0 Å². The Balaban J connectivity index is 2.74. The van der Waals surface area contributed by atoms with Gasteiger partial charge < -0.3 is 17.2 Å². The van der Waals surface area contributed by atoms with E-state index >= 15 is 0 Å². The summed E-state index contributed by atoms with van der Waals surface area (Å²) in [4.78, 5) is 23.9. The second-order valence-corrected chi connectivity index (χ2v) is 4.81. The van der Waals surface area contributed by atoms with Gasteiger partial charge in [-0.05, 0) is 30.3 Å². The van der Waals surface area contributed by atoms with E-state index in [-0.39, 0.29) is 16.9 Å². The molecule has 5 nitrogen and oxygen atoms in total. The van der Waals surface area contributed by atoms with Gasteiger partial charge in [0, 0.05) is 22.5 Å². The van der Waals surface area contributed by atoms with Gasteiger partial charge in [-0.2, -0.15) is 13.2 Å². The van der Waals surface area contributed by atoms with Crippen LogP contribution in [0.15, 0.2) is 36.4 Å². The van der Waals surface area contributed by atoms with Crippen molar-refractivity contribution in [3.8, 4) is 0 Å². The Morgan fingerprint density at radius 1 is 0.957 bits per heavy atom. The summed E-state index contributed by atoms with van der Waals surface area (Å²) in [6.45, 7) is 0. The minimum atomic E-state index is -4.83. The Kier molecular flexibility index (Phi) is 4.00. The molecule has 0 saturated heterocycles. The number of rotatable bonds is 3. The number of benzene rings is 2. The fraction of sp³-hybridized carbons (Fsp3) is 0.0667. The smallest absolute Gasteiger partial charge is 0.399 e. The molecule has 0 saturated carbocycles. The molecular formula is C15H12F3N3O2. The summed E-state index contributed by atoms with van der Waals surface area (Å²) in [5.74, 6) is -2.18. The van der Waals surface area contributed by atoms with Crippen LogP contribution in [0.1, 0.15) is 31.8 Å². The Morgan fingerprint density at radius 2 is 1.52 bits per heavy atom. The standard InChI is InChI=1S/C15H12F3N3O2/c16-15(17,18)11-3-1-2-10(14(21)23)12(11)13(22)7-4-8(19)6-9(20)5-7/h1-6H,19-20H2,(H2,21,23). The first-order valence-corrected chi connectivity index (χ1v) is 6.32. The maximum Gasteiger partial charge on any atom is 0.417 e. The minimum absolute atomic E-state index is 0.110. The van der Waals surface area contributed by atoms with Gasteiger partial charge in [-0.1, -0.05) is 6.07 Å². The van der Waals surface area contributed by atoms with E-state index in [0.717, 1.165) is 12.1 Å². The first-order valence-electron chi connectivity index (χ1n) is 6.32. The van der Waals surface area contributed by atoms with Crippen LogP contribution in [0.5, 0.6) is 0 Å². The molecule has 0 aliphatic heterocycles. The van der Waals surface area contributed by atoms with Gasteiger partial charge in [-0.25, -0.2) is 0 Å². The number of nitrogens with two attached hydrogens (primary N) is 3. The molecule has 2 aromatic carbocycles. The summed E-state index contributed by atoms with van der Waals surface area (Å²) in [6.07, 6.45) is -4.83. The second-order valence-electron chi connectivity index (χ2n) is 4.81. The number of primary amides is 1. The molecule has 6 N–H and O–H groups in total. The molecule has 2 aromatic rings. The highest BCUT2D eigenvalue weighted by molar-refractivity contribution is 6.16. The van der Waals surface area contributed by atoms with E-state index in [2.05, 4.69) is 0 Å². The van der Waals surface area contributed by atoms with Crippen molar-refractivity contribution in [3.63, 3.8) is 0 Å². The van der Waals surface area contributed by atoms with Crippen LogP contribution < -0.4 is 17.2 Å². The van der Waals surface area contributed by atoms with Crippen LogP contribution in [-0.4, -0.2) is 11.7 Å². The topological polar surface area (TPSA) is 112 Å². The number of amides is 1. The number of anilines is 2. The molecule has 120 valence electrons. The molecule has 8 heteroatoms. The lowest BCUT2D eigenvalue weighted by atomic mass is 9.92. The maximum atomic E-state index is 13.2. The van der Waals surface area contributed by atoms with Crippen molar-refractivity contribution in [1.82, 2.24) is 0 Å². The molecule has 0 aliphatic rings. The van der Waals surface area contributed by atoms with Crippen LogP contribution in [0, 0.1) is 0 Å². The van der Waals surface area contributed by atoms with Gasteiger partial charge in [-0.3, -0.25) is 9.59 Å². The van der Waals surface area contributed by atoms with Crippen molar-refractivity contribution in [1.29, 1.82) is 0 Å². The number of hydrogen-bond donors (Lipinski definition) is 3. The average molecular weight is 323 g/mol. The van der Waals surface area contributed by atoms with E-state index in [0.29, 0.717) is 6.07 Å². The van der Waals surface area contributed by atoms with Crippen LogP contribution in [-0.2, 0) is 6.18 Å². The second kappa shape index (κ2) is 5.64. The summed E-state index contributed by atoms with van der Waals surface area (Å²) in [7, 11) is 0. The summed E-state index contributed by atoms with van der Waals surface area (Å²) in [5, 5.41) is 0. The lowest BCUT2D eigenvalue weighted by molar-refractivity contribution is -0.137. The minimum Gasteiger partial charge on any atom is -0.399 e. The van der Waals surface area contributed by atoms with E-state index < -0.39 is 34.6 Å². The quantitative estimate of drug-likeness (QED) is 0.593. The fourth-order valence-electron chi connectivity index (χ4n) is 2.19. The molecule has 0 heterocycles. The normalized spacial score (nSPS) is 11.3. The Morgan fingerprint density at radius 3 is 2.00 bits per heavy atom. The fourth-order valence-corrected chi connectivity index (χ4v) is 2.19. The molecule has 23 heavy (non-hydrogen) atoms. The van der Waals surface area contributed by atoms with Gasteiger partial charge in [0.25, 0.3) is 0 Å². The predicted molar refractivity (Wildman–Crippen MR) is 78.7 cm³/mol. The largest absolute Gasteiger partial charge is 0.417 e. The average Bonchev–Trinajstić information content (AvgIpc) is 2.43. The third-order valence-corrected chi connectivity index (χ3v) is 3.10. The number of halogens is 3. The first-order chi connectivity index (χ1) is 10.6. The summed E-state index contributed by atoms with van der Waals surface area (Å²) in [6, 6.07) is 6.47. The highest BCUT2D eigenvalue weighted by Gasteiger charge is 2.37. The third-order valence-electron chi connectivity index (χ3n) is 3.10. The van der Waals surface area contributed by atoms with Crippen LogP contribution in [0.3, 0.4) is 0 Å². The molecule has 1 amide bonds. The van der Waals surface area contributed by atoms with E-state index in [1.807, 2.05) is 0 Å². The van der Waals surface area contributed by atoms with Crippen molar-refractivity contribution in [2.45, 2.75) is 6.18 Å². The Hall–Kier alpha value is -3.03. The number of ketones is 1. The highest BCUT2D eigenvalue weighted by Crippen LogP contribution is 2.34. The SMILES string of the molecule is NC(=O)c1cccc(C(F)(F)F)c1C(=O)c1cc(N)cc(N)c1. The number of carbonyl (C=O) groups is 2. The van der Waals surface area contributed by atoms with Crippen molar-refractivity contribution >= 4 is 23.1 Å². The van der Waals surface area contributed by atoms with Crippen molar-refractivity contribution in [2.75, 3.05) is 11.5 Å². The summed E-state index contributed by atoms with van der Waals surface area (Å²) >= 11 is 0. The van der Waals surface area contributed by atoms with Gasteiger partial charge in [-0.15, -0.1) is 0 Å². The molecule has 0 unspecified atom stereocenters. The molecule has 0 aromatic heterocycles. The molecule has 0 atom stereocenters. The van der Waals surface area contributed by atoms with Gasteiger partial charge in [0.1, 0.15) is 0 Å². The number of hydrogen-bond acceptors (Lipinski definition) is 4. The van der Waals surface area contributed by atoms with Gasteiger partial charge >= 0.3 is 6.18 Å². The van der Waals surface area contributed by atoms with Crippen molar-refractivity contribution in [3.05, 3.63) is 58.7 Å². The monoisotopic (exact) mass is 323 g/mol. The number of carbonyl (C=O) groups excluding carboxylic acids is 2.